The number of benzene rings is 1. The van der Waals surface area contributed by atoms with Crippen LogP contribution in [0.15, 0.2) is 42.6 Å². The largest absolute Gasteiger partial charge is 0.368 e. The van der Waals surface area contributed by atoms with E-state index in [0.29, 0.717) is 30.9 Å². The molecular weight excluding hydrogens is 307 g/mol. The van der Waals surface area contributed by atoms with Gasteiger partial charge in [-0.25, -0.2) is 9.37 Å². The highest BCUT2D eigenvalue weighted by atomic mass is 19.1. The van der Waals surface area contributed by atoms with E-state index in [4.69, 9.17) is 5.26 Å². The fourth-order valence-electron chi connectivity index (χ4n) is 2.82. The number of nitrogens with zero attached hydrogens (tertiary/aromatic N) is 4. The molecule has 0 radical (unpaired) electrons. The van der Waals surface area contributed by atoms with Gasteiger partial charge in [-0.2, -0.15) is 5.26 Å². The molecule has 2 aromatic rings. The lowest BCUT2D eigenvalue weighted by molar-refractivity contribution is 0.0766. The zero-order valence-electron chi connectivity index (χ0n) is 13.2. The zero-order valence-corrected chi connectivity index (χ0v) is 13.2. The van der Waals surface area contributed by atoms with Gasteiger partial charge in [-0.15, -0.1) is 0 Å². The number of rotatable bonds is 2. The molecule has 6 heteroatoms. The Balaban J connectivity index is 1.68. The number of carbonyl (C=O) groups is 1. The van der Waals surface area contributed by atoms with Gasteiger partial charge in [0.1, 0.15) is 17.6 Å². The van der Waals surface area contributed by atoms with E-state index in [2.05, 4.69) is 9.88 Å². The van der Waals surface area contributed by atoms with Crippen LogP contribution in [0.2, 0.25) is 0 Å². The van der Waals surface area contributed by atoms with Crippen LogP contribution < -0.4 is 4.90 Å². The van der Waals surface area contributed by atoms with Gasteiger partial charge in [0.2, 0.25) is 0 Å². The zero-order chi connectivity index (χ0) is 16.9. The summed E-state index contributed by atoms with van der Waals surface area (Å²) >= 11 is 0. The molecule has 24 heavy (non-hydrogen) atoms. The van der Waals surface area contributed by atoms with Crippen molar-refractivity contribution in [2.24, 2.45) is 0 Å². The summed E-state index contributed by atoms with van der Waals surface area (Å²) in [6.45, 7) is 2.68. The van der Waals surface area contributed by atoms with Crippen LogP contribution in [0.3, 0.4) is 0 Å². The molecule has 2 heterocycles. The Kier molecular flexibility index (Phi) is 4.71. The first-order valence-corrected chi connectivity index (χ1v) is 7.83. The van der Waals surface area contributed by atoms with Gasteiger partial charge >= 0.3 is 0 Å². The molecule has 0 saturated carbocycles. The van der Waals surface area contributed by atoms with Gasteiger partial charge in [0.25, 0.3) is 5.91 Å². The molecule has 122 valence electrons. The Morgan fingerprint density at radius 3 is 2.75 bits per heavy atom. The number of halogens is 1. The lowest BCUT2D eigenvalue weighted by Crippen LogP contribution is -2.35. The Hall–Kier alpha value is -2.94. The average Bonchev–Trinajstić information content (AvgIpc) is 2.87. The molecule has 0 spiro atoms. The molecule has 1 aliphatic heterocycles. The average molecular weight is 324 g/mol. The molecular formula is C18H17FN4O. The maximum atomic E-state index is 13.3. The first-order valence-electron chi connectivity index (χ1n) is 7.83. The van der Waals surface area contributed by atoms with Crippen LogP contribution >= 0.6 is 0 Å². The normalized spacial score (nSPS) is 14.8. The third-order valence-electron chi connectivity index (χ3n) is 4.08. The molecule has 5 nitrogen and oxygen atoms in total. The van der Waals surface area contributed by atoms with Crippen molar-refractivity contribution < 1.29 is 9.18 Å². The van der Waals surface area contributed by atoms with Crippen molar-refractivity contribution in [2.45, 2.75) is 6.42 Å². The van der Waals surface area contributed by atoms with Gasteiger partial charge in [0, 0.05) is 31.7 Å². The van der Waals surface area contributed by atoms with Crippen LogP contribution in [0.5, 0.6) is 0 Å². The van der Waals surface area contributed by atoms with E-state index in [-0.39, 0.29) is 5.91 Å². The van der Waals surface area contributed by atoms with Gasteiger partial charge in [-0.1, -0.05) is 6.07 Å². The number of pyridine rings is 1. The van der Waals surface area contributed by atoms with Crippen molar-refractivity contribution in [1.29, 1.82) is 5.26 Å². The quantitative estimate of drug-likeness (QED) is 0.851. The molecule has 1 aliphatic rings. The number of anilines is 1. The van der Waals surface area contributed by atoms with Crippen molar-refractivity contribution in [2.75, 3.05) is 31.1 Å². The molecule has 1 aromatic carbocycles. The molecule has 3 rings (SSSR count). The highest BCUT2D eigenvalue weighted by molar-refractivity contribution is 5.94. The van der Waals surface area contributed by atoms with Crippen molar-refractivity contribution in [3.63, 3.8) is 0 Å². The van der Waals surface area contributed by atoms with Gasteiger partial charge in [-0.05, 0) is 36.8 Å². The van der Waals surface area contributed by atoms with Crippen LogP contribution in [-0.4, -0.2) is 42.0 Å². The van der Waals surface area contributed by atoms with E-state index in [1.807, 2.05) is 12.1 Å². The summed E-state index contributed by atoms with van der Waals surface area (Å²) in [5, 5.41) is 8.81. The van der Waals surface area contributed by atoms with Gasteiger partial charge in [0.05, 0.1) is 11.9 Å². The second kappa shape index (κ2) is 7.09. The number of nitriles is 1. The number of aromatic nitrogens is 1. The second-order valence-corrected chi connectivity index (χ2v) is 5.66. The Bertz CT molecular complexity index is 769. The predicted octanol–water partition coefficient (Wildman–Crippen LogP) is 2.44. The molecule has 1 aromatic heterocycles. The summed E-state index contributed by atoms with van der Waals surface area (Å²) in [7, 11) is 0. The fraction of sp³-hybridized carbons (Fsp3) is 0.278. The number of amides is 1. The van der Waals surface area contributed by atoms with E-state index < -0.39 is 5.82 Å². The van der Waals surface area contributed by atoms with Crippen LogP contribution in [0, 0.1) is 17.1 Å². The van der Waals surface area contributed by atoms with E-state index in [9.17, 15) is 9.18 Å². The molecule has 0 unspecified atom stereocenters. The highest BCUT2D eigenvalue weighted by Crippen LogP contribution is 2.17. The number of carbonyl (C=O) groups excluding carboxylic acids is 1. The summed E-state index contributed by atoms with van der Waals surface area (Å²) in [5.41, 5.74) is 1.70. The monoisotopic (exact) mass is 324 g/mol. The third kappa shape index (κ3) is 3.51. The predicted molar refractivity (Wildman–Crippen MR) is 88.1 cm³/mol. The van der Waals surface area contributed by atoms with Crippen molar-refractivity contribution in [1.82, 2.24) is 9.88 Å². The first-order chi connectivity index (χ1) is 11.7. The lowest BCUT2D eigenvalue weighted by Gasteiger charge is -2.23. The van der Waals surface area contributed by atoms with Crippen molar-refractivity contribution >= 4 is 11.6 Å². The van der Waals surface area contributed by atoms with Crippen LogP contribution in [0.25, 0.3) is 0 Å². The number of hydrogen-bond acceptors (Lipinski definition) is 4. The van der Waals surface area contributed by atoms with Gasteiger partial charge in [-0.3, -0.25) is 4.79 Å². The lowest BCUT2D eigenvalue weighted by atomic mass is 10.2. The molecule has 1 amide bonds. The van der Waals surface area contributed by atoms with Crippen molar-refractivity contribution in [3.05, 3.63) is 59.7 Å². The van der Waals surface area contributed by atoms with E-state index in [0.717, 1.165) is 18.7 Å². The van der Waals surface area contributed by atoms with Gasteiger partial charge in [0.15, 0.2) is 0 Å². The minimum atomic E-state index is -0.402. The number of hydrogen-bond donors (Lipinski definition) is 0. The maximum absolute atomic E-state index is 13.3. The molecule has 0 atom stereocenters. The fourth-order valence-corrected chi connectivity index (χ4v) is 2.82. The smallest absolute Gasteiger partial charge is 0.254 e. The molecule has 0 aliphatic carbocycles. The van der Waals surface area contributed by atoms with Crippen LogP contribution in [0.1, 0.15) is 22.5 Å². The third-order valence-corrected chi connectivity index (χ3v) is 4.08. The standard InChI is InChI=1S/C18H17FN4O/c19-15-4-1-3-14(11-15)18(24)23-8-2-7-22(9-10-23)17-6-5-16(12-20)21-13-17/h1,3-6,11,13H,2,7-10H2. The molecule has 1 fully saturated rings. The SMILES string of the molecule is N#Cc1ccc(N2CCCN(C(=O)c3cccc(F)c3)CC2)cn1. The minimum Gasteiger partial charge on any atom is -0.368 e. The summed E-state index contributed by atoms with van der Waals surface area (Å²) in [5.74, 6) is -0.546. The van der Waals surface area contributed by atoms with E-state index in [1.54, 1.807) is 29.3 Å². The molecule has 1 saturated heterocycles. The summed E-state index contributed by atoms with van der Waals surface area (Å²) in [6.07, 6.45) is 2.50. The van der Waals surface area contributed by atoms with Gasteiger partial charge < -0.3 is 9.80 Å². The van der Waals surface area contributed by atoms with Crippen molar-refractivity contribution in [3.8, 4) is 6.07 Å². The Labute approximate surface area is 139 Å². The summed E-state index contributed by atoms with van der Waals surface area (Å²) in [4.78, 5) is 20.5. The topological polar surface area (TPSA) is 60.2 Å². The highest BCUT2D eigenvalue weighted by Gasteiger charge is 2.20. The summed E-state index contributed by atoms with van der Waals surface area (Å²) in [6, 6.07) is 11.4. The second-order valence-electron chi connectivity index (χ2n) is 5.66. The first kappa shape index (κ1) is 15.9. The Morgan fingerprint density at radius 1 is 1.17 bits per heavy atom. The molecule has 0 N–H and O–H groups in total. The van der Waals surface area contributed by atoms with E-state index in [1.165, 1.54) is 12.1 Å². The minimum absolute atomic E-state index is 0.144. The summed E-state index contributed by atoms with van der Waals surface area (Å²) < 4.78 is 13.3. The van der Waals surface area contributed by atoms with E-state index >= 15 is 0 Å². The maximum Gasteiger partial charge on any atom is 0.254 e. The Morgan fingerprint density at radius 2 is 2.04 bits per heavy atom. The molecule has 0 bridgehead atoms. The van der Waals surface area contributed by atoms with Crippen LogP contribution in [0.4, 0.5) is 10.1 Å². The van der Waals surface area contributed by atoms with Crippen LogP contribution in [-0.2, 0) is 0 Å².